The normalized spacial score (nSPS) is 10.0. The molecular formula is C12H15BrN2O3S. The number of rotatable bonds is 6. The molecule has 0 aliphatic rings. The lowest BCUT2D eigenvalue weighted by atomic mass is 10.2. The number of hydrogen-bond acceptors (Lipinski definition) is 3. The zero-order chi connectivity index (χ0) is 14.3. The number of urea groups is 1. The molecule has 0 aliphatic heterocycles. The number of anilines is 1. The fourth-order valence-corrected chi connectivity index (χ4v) is 2.21. The molecule has 1 aromatic carbocycles. The number of carboxylic acids is 1. The molecular weight excluding hydrogens is 332 g/mol. The molecule has 0 aromatic heterocycles. The smallest absolute Gasteiger partial charge is 0.336 e. The van der Waals surface area contributed by atoms with Gasteiger partial charge in [-0.05, 0) is 52.6 Å². The average Bonchev–Trinajstić information content (AvgIpc) is 2.36. The first-order chi connectivity index (χ1) is 9.04. The van der Waals surface area contributed by atoms with Crippen molar-refractivity contribution in [3.8, 4) is 0 Å². The highest BCUT2D eigenvalue weighted by molar-refractivity contribution is 9.10. The van der Waals surface area contributed by atoms with Crippen LogP contribution in [0.3, 0.4) is 0 Å². The van der Waals surface area contributed by atoms with Crippen molar-refractivity contribution in [1.29, 1.82) is 0 Å². The zero-order valence-corrected chi connectivity index (χ0v) is 12.8. The number of nitrogens with one attached hydrogen (secondary N) is 2. The van der Waals surface area contributed by atoms with Gasteiger partial charge in [0.25, 0.3) is 0 Å². The number of benzene rings is 1. The van der Waals surface area contributed by atoms with Gasteiger partial charge in [-0.1, -0.05) is 0 Å². The lowest BCUT2D eigenvalue weighted by Crippen LogP contribution is -2.29. The largest absolute Gasteiger partial charge is 0.478 e. The van der Waals surface area contributed by atoms with E-state index in [2.05, 4.69) is 26.6 Å². The van der Waals surface area contributed by atoms with Crippen LogP contribution in [-0.2, 0) is 0 Å². The van der Waals surface area contributed by atoms with Crippen molar-refractivity contribution in [3.05, 3.63) is 28.2 Å². The first-order valence-electron chi connectivity index (χ1n) is 5.61. The first-order valence-corrected chi connectivity index (χ1v) is 7.80. The van der Waals surface area contributed by atoms with Crippen LogP contribution in [0.5, 0.6) is 0 Å². The van der Waals surface area contributed by atoms with E-state index < -0.39 is 5.97 Å². The first kappa shape index (κ1) is 15.8. The number of carbonyl (C=O) groups excluding carboxylic acids is 1. The molecule has 0 saturated carbocycles. The average molecular weight is 347 g/mol. The van der Waals surface area contributed by atoms with Crippen molar-refractivity contribution in [3.63, 3.8) is 0 Å². The van der Waals surface area contributed by atoms with Gasteiger partial charge in [-0.2, -0.15) is 11.8 Å². The minimum Gasteiger partial charge on any atom is -0.478 e. The van der Waals surface area contributed by atoms with Crippen molar-refractivity contribution in [2.45, 2.75) is 6.42 Å². The summed E-state index contributed by atoms with van der Waals surface area (Å²) >= 11 is 4.87. The van der Waals surface area contributed by atoms with E-state index in [9.17, 15) is 9.59 Å². The van der Waals surface area contributed by atoms with Gasteiger partial charge < -0.3 is 15.7 Å². The summed E-state index contributed by atoms with van der Waals surface area (Å²) in [7, 11) is 0. The molecule has 104 valence electrons. The molecule has 1 aromatic rings. The van der Waals surface area contributed by atoms with Crippen molar-refractivity contribution in [2.75, 3.05) is 23.9 Å². The summed E-state index contributed by atoms with van der Waals surface area (Å²) in [6.07, 6.45) is 2.91. The topological polar surface area (TPSA) is 78.4 Å². The summed E-state index contributed by atoms with van der Waals surface area (Å²) in [5, 5.41) is 14.3. The lowest BCUT2D eigenvalue weighted by molar-refractivity contribution is 0.0696. The molecule has 0 atom stereocenters. The molecule has 0 radical (unpaired) electrons. The van der Waals surface area contributed by atoms with Gasteiger partial charge in [-0.3, -0.25) is 0 Å². The molecule has 19 heavy (non-hydrogen) atoms. The van der Waals surface area contributed by atoms with Gasteiger partial charge in [0.15, 0.2) is 0 Å². The fraction of sp³-hybridized carbons (Fsp3) is 0.333. The van der Waals surface area contributed by atoms with Crippen LogP contribution in [0, 0.1) is 0 Å². The van der Waals surface area contributed by atoms with Crippen LogP contribution < -0.4 is 10.6 Å². The third-order valence-electron chi connectivity index (χ3n) is 2.27. The molecule has 7 heteroatoms. The molecule has 0 spiro atoms. The lowest BCUT2D eigenvalue weighted by Gasteiger charge is -2.08. The van der Waals surface area contributed by atoms with E-state index >= 15 is 0 Å². The van der Waals surface area contributed by atoms with Crippen LogP contribution in [0.2, 0.25) is 0 Å². The molecule has 0 bridgehead atoms. The third kappa shape index (κ3) is 5.52. The Hall–Kier alpha value is -1.21. The predicted octanol–water partition coefficient (Wildman–Crippen LogP) is 3.02. The molecule has 1 rings (SSSR count). The monoisotopic (exact) mass is 346 g/mol. The number of halogens is 1. The summed E-state index contributed by atoms with van der Waals surface area (Å²) < 4.78 is 0.478. The maximum absolute atomic E-state index is 11.6. The Morgan fingerprint density at radius 1 is 1.42 bits per heavy atom. The Morgan fingerprint density at radius 2 is 2.16 bits per heavy atom. The van der Waals surface area contributed by atoms with Crippen molar-refractivity contribution >= 4 is 45.4 Å². The van der Waals surface area contributed by atoms with Gasteiger partial charge in [0.2, 0.25) is 0 Å². The van der Waals surface area contributed by atoms with E-state index in [-0.39, 0.29) is 11.6 Å². The second-order valence-electron chi connectivity index (χ2n) is 3.73. The van der Waals surface area contributed by atoms with Crippen molar-refractivity contribution in [1.82, 2.24) is 5.32 Å². The van der Waals surface area contributed by atoms with Crippen LogP contribution in [0.4, 0.5) is 10.5 Å². The molecule has 3 N–H and O–H groups in total. The number of amides is 2. The minimum atomic E-state index is -1.05. The number of carbonyl (C=O) groups is 2. The summed E-state index contributed by atoms with van der Waals surface area (Å²) in [4.78, 5) is 22.5. The van der Waals surface area contributed by atoms with E-state index in [0.717, 1.165) is 12.2 Å². The van der Waals surface area contributed by atoms with E-state index in [1.54, 1.807) is 23.9 Å². The van der Waals surface area contributed by atoms with Crippen LogP contribution >= 0.6 is 27.7 Å². The number of carboxylic acid groups (broad SMARTS) is 1. The van der Waals surface area contributed by atoms with Crippen LogP contribution in [0.25, 0.3) is 0 Å². The zero-order valence-electron chi connectivity index (χ0n) is 10.4. The second kappa shape index (κ2) is 8.06. The van der Waals surface area contributed by atoms with Crippen LogP contribution in [-0.4, -0.2) is 35.7 Å². The molecule has 2 amide bonds. The minimum absolute atomic E-state index is 0.111. The fourth-order valence-electron chi connectivity index (χ4n) is 1.36. The Kier molecular flexibility index (Phi) is 6.72. The maximum Gasteiger partial charge on any atom is 0.336 e. The van der Waals surface area contributed by atoms with Crippen LogP contribution in [0.15, 0.2) is 22.7 Å². The molecule has 0 fully saturated rings. The van der Waals surface area contributed by atoms with Gasteiger partial charge in [0.05, 0.1) is 5.56 Å². The van der Waals surface area contributed by atoms with Gasteiger partial charge in [0.1, 0.15) is 0 Å². The third-order valence-corrected chi connectivity index (χ3v) is 3.65. The summed E-state index contributed by atoms with van der Waals surface area (Å²) in [5.41, 5.74) is 0.558. The van der Waals surface area contributed by atoms with Gasteiger partial charge in [0, 0.05) is 16.7 Å². The van der Waals surface area contributed by atoms with E-state index in [1.165, 1.54) is 6.07 Å². The van der Waals surface area contributed by atoms with E-state index in [1.807, 2.05) is 6.26 Å². The quantitative estimate of drug-likeness (QED) is 0.691. The van der Waals surface area contributed by atoms with E-state index in [0.29, 0.717) is 16.7 Å². The Labute approximate surface area is 124 Å². The standard InChI is InChI=1S/C12H15BrN2O3S/c1-19-6-2-5-14-12(18)15-8-3-4-10(13)9(7-8)11(16)17/h3-4,7H,2,5-6H2,1H3,(H,16,17)(H2,14,15,18). The molecule has 0 heterocycles. The number of thioether (sulfide) groups is 1. The summed E-state index contributed by atoms with van der Waals surface area (Å²) in [6.45, 7) is 0.592. The van der Waals surface area contributed by atoms with Gasteiger partial charge in [-0.15, -0.1) is 0 Å². The molecule has 5 nitrogen and oxygen atoms in total. The van der Waals surface area contributed by atoms with Crippen molar-refractivity contribution in [2.24, 2.45) is 0 Å². The summed E-state index contributed by atoms with van der Waals surface area (Å²) in [5.74, 6) is -0.0576. The Morgan fingerprint density at radius 3 is 2.79 bits per heavy atom. The highest BCUT2D eigenvalue weighted by Crippen LogP contribution is 2.21. The predicted molar refractivity (Wildman–Crippen MR) is 81.1 cm³/mol. The van der Waals surface area contributed by atoms with Gasteiger partial charge in [-0.25, -0.2) is 9.59 Å². The highest BCUT2D eigenvalue weighted by Gasteiger charge is 2.10. The highest BCUT2D eigenvalue weighted by atomic mass is 79.9. The van der Waals surface area contributed by atoms with Crippen LogP contribution in [0.1, 0.15) is 16.8 Å². The number of aromatic carboxylic acids is 1. The molecule has 0 saturated heterocycles. The Bertz CT molecular complexity index is 468. The van der Waals surface area contributed by atoms with Gasteiger partial charge >= 0.3 is 12.0 Å². The second-order valence-corrected chi connectivity index (χ2v) is 5.57. The maximum atomic E-state index is 11.6. The molecule has 0 unspecified atom stereocenters. The van der Waals surface area contributed by atoms with E-state index in [4.69, 9.17) is 5.11 Å². The Balaban J connectivity index is 2.55. The van der Waals surface area contributed by atoms with Crippen molar-refractivity contribution < 1.29 is 14.7 Å². The SMILES string of the molecule is CSCCCNC(=O)Nc1ccc(Br)c(C(=O)O)c1. The number of hydrogen-bond donors (Lipinski definition) is 3. The molecule has 0 aliphatic carbocycles. The summed E-state index contributed by atoms with van der Waals surface area (Å²) in [6, 6.07) is 4.30.